The van der Waals surface area contributed by atoms with E-state index in [1.54, 1.807) is 0 Å². The first-order valence-corrected chi connectivity index (χ1v) is 17.4. The van der Waals surface area contributed by atoms with Gasteiger partial charge in [0.25, 0.3) is 0 Å². The predicted octanol–water partition coefficient (Wildman–Crippen LogP) is 9.08. The summed E-state index contributed by atoms with van der Waals surface area (Å²) in [6.45, 7) is 2.68. The Labute approximate surface area is 261 Å². The Morgan fingerprint density at radius 1 is 0.378 bits per heavy atom. The van der Waals surface area contributed by atoms with Gasteiger partial charge in [0.05, 0.1) is 0 Å². The van der Waals surface area contributed by atoms with Crippen LogP contribution in [0.1, 0.15) is 187 Å². The van der Waals surface area contributed by atoms with Crippen molar-refractivity contribution >= 4 is 45.6 Å². The van der Waals surface area contributed by atoms with Gasteiger partial charge in [-0.25, -0.2) is 4.57 Å². The number of unbranched alkanes of at least 4 members (excludes halogenated alkanes) is 27. The van der Waals surface area contributed by atoms with Crippen LogP contribution in [0.3, 0.4) is 0 Å². The summed E-state index contributed by atoms with van der Waals surface area (Å²) < 4.78 is 8.88. The number of hydrogen-bond donors (Lipinski definition) is 4. The molecule has 0 aliphatic heterocycles. The van der Waals surface area contributed by atoms with Crippen LogP contribution >= 0.6 is 7.82 Å². The fraction of sp³-hybridized carbons (Fsp3) is 1.00. The fourth-order valence-corrected chi connectivity index (χ4v) is 4.78. The molecule has 0 aromatic heterocycles. The monoisotopic (exact) mass is 578 g/mol. The molecule has 37 heavy (non-hydrogen) atoms. The molecule has 0 saturated carbocycles. The molecular formula is C30H67CaO5P. The number of aliphatic hydroxyl groups is 1. The SMILES string of the molecule is CCCCCCCCCCCCCCCCCCCCCCCCCCCCCCO.O=P(O)(O)O.[CaH2]. The van der Waals surface area contributed by atoms with Crippen molar-refractivity contribution in [2.24, 2.45) is 0 Å². The Hall–Kier alpha value is 1.33. The number of phosphoric acid groups is 1. The van der Waals surface area contributed by atoms with Crippen LogP contribution in [-0.4, -0.2) is 64.1 Å². The summed E-state index contributed by atoms with van der Waals surface area (Å²) in [4.78, 5) is 21.6. The van der Waals surface area contributed by atoms with Crippen LogP contribution in [0.5, 0.6) is 0 Å². The molecule has 0 aliphatic rings. The minimum atomic E-state index is -4.64. The quantitative estimate of drug-likeness (QED) is 0.0422. The number of rotatable bonds is 28. The predicted molar refractivity (Wildman–Crippen MR) is 165 cm³/mol. The molecule has 0 aromatic rings. The van der Waals surface area contributed by atoms with E-state index in [9.17, 15) is 0 Å². The molecule has 0 bridgehead atoms. The third-order valence-electron chi connectivity index (χ3n) is 7.01. The summed E-state index contributed by atoms with van der Waals surface area (Å²) in [6, 6.07) is 0. The molecule has 0 rings (SSSR count). The second kappa shape index (κ2) is 37.3. The summed E-state index contributed by atoms with van der Waals surface area (Å²) >= 11 is 0. The molecule has 0 fully saturated rings. The van der Waals surface area contributed by atoms with E-state index >= 15 is 0 Å². The molecule has 0 heterocycles. The molecule has 0 atom stereocenters. The Kier molecular flexibility index (Phi) is 43.2. The first-order valence-electron chi connectivity index (χ1n) is 15.8. The average molecular weight is 579 g/mol. The van der Waals surface area contributed by atoms with Gasteiger partial charge in [-0.3, -0.25) is 0 Å². The van der Waals surface area contributed by atoms with E-state index in [1.807, 2.05) is 0 Å². The molecule has 0 radical (unpaired) electrons. The van der Waals surface area contributed by atoms with Crippen molar-refractivity contribution in [3.05, 3.63) is 0 Å². The molecule has 0 aromatic carbocycles. The van der Waals surface area contributed by atoms with Crippen molar-refractivity contribution in [1.29, 1.82) is 0 Å². The molecule has 0 amide bonds. The molecular weight excluding hydrogens is 511 g/mol. The zero-order valence-electron chi connectivity index (χ0n) is 24.2. The van der Waals surface area contributed by atoms with E-state index < -0.39 is 7.82 Å². The molecule has 0 saturated heterocycles. The molecule has 224 valence electrons. The van der Waals surface area contributed by atoms with Crippen LogP contribution in [0, 0.1) is 0 Å². The van der Waals surface area contributed by atoms with Crippen LogP contribution in [0.2, 0.25) is 0 Å². The second-order valence-corrected chi connectivity index (χ2v) is 11.8. The van der Waals surface area contributed by atoms with Crippen molar-refractivity contribution in [3.63, 3.8) is 0 Å². The molecule has 0 spiro atoms. The van der Waals surface area contributed by atoms with E-state index in [4.69, 9.17) is 24.4 Å². The summed E-state index contributed by atoms with van der Waals surface area (Å²) in [5, 5.41) is 8.76. The van der Waals surface area contributed by atoms with Gasteiger partial charge in [-0.05, 0) is 6.42 Å². The molecule has 7 heteroatoms. The van der Waals surface area contributed by atoms with Crippen molar-refractivity contribution < 1.29 is 24.4 Å². The molecule has 5 nitrogen and oxygen atoms in total. The Balaban J connectivity index is -0.00000174. The topological polar surface area (TPSA) is 98.0 Å². The zero-order valence-corrected chi connectivity index (χ0v) is 25.0. The summed E-state index contributed by atoms with van der Waals surface area (Å²) in [7, 11) is -4.64. The average Bonchev–Trinajstić information content (AvgIpc) is 2.82. The maximum absolute atomic E-state index is 8.88. The van der Waals surface area contributed by atoms with Gasteiger partial charge in [0, 0.05) is 6.61 Å². The summed E-state index contributed by atoms with van der Waals surface area (Å²) in [5.41, 5.74) is 0. The third kappa shape index (κ3) is 54.2. The number of hydrogen-bond acceptors (Lipinski definition) is 2. The van der Waals surface area contributed by atoms with Gasteiger partial charge in [-0.2, -0.15) is 0 Å². The minimum absolute atomic E-state index is 0. The normalized spacial score (nSPS) is 11.2. The van der Waals surface area contributed by atoms with Crippen LogP contribution in [-0.2, 0) is 4.57 Å². The van der Waals surface area contributed by atoms with Crippen LogP contribution in [0.4, 0.5) is 0 Å². The Morgan fingerprint density at radius 2 is 0.514 bits per heavy atom. The maximum atomic E-state index is 8.88. The van der Waals surface area contributed by atoms with Gasteiger partial charge in [0.1, 0.15) is 0 Å². The fourth-order valence-electron chi connectivity index (χ4n) is 4.78. The van der Waals surface area contributed by atoms with Gasteiger partial charge >= 0.3 is 45.6 Å². The van der Waals surface area contributed by atoms with Crippen LogP contribution in [0.15, 0.2) is 0 Å². The van der Waals surface area contributed by atoms with Gasteiger partial charge < -0.3 is 19.8 Å². The summed E-state index contributed by atoms with van der Waals surface area (Å²) in [5.74, 6) is 0. The number of aliphatic hydroxyl groups excluding tert-OH is 1. The van der Waals surface area contributed by atoms with Gasteiger partial charge in [0.15, 0.2) is 0 Å². The Morgan fingerprint density at radius 3 is 0.649 bits per heavy atom. The first-order chi connectivity index (χ1) is 17.4. The van der Waals surface area contributed by atoms with E-state index in [1.165, 1.54) is 173 Å². The Bertz CT molecular complexity index is 398. The van der Waals surface area contributed by atoms with E-state index in [-0.39, 0.29) is 37.7 Å². The van der Waals surface area contributed by atoms with Crippen molar-refractivity contribution in [2.45, 2.75) is 187 Å². The molecule has 0 unspecified atom stereocenters. The first kappa shape index (κ1) is 42.8. The molecule has 0 aliphatic carbocycles. The van der Waals surface area contributed by atoms with Crippen LogP contribution < -0.4 is 0 Å². The summed E-state index contributed by atoms with van der Waals surface area (Å²) in [6.07, 6.45) is 40.1. The van der Waals surface area contributed by atoms with Crippen molar-refractivity contribution in [3.8, 4) is 0 Å². The van der Waals surface area contributed by atoms with Gasteiger partial charge in [-0.15, -0.1) is 0 Å². The standard InChI is InChI=1S/C30H62O.Ca.H3O4P.2H/c1-2-3-4-5-6-7-8-9-10-11-12-13-14-15-16-17-18-19-20-21-22-23-24-25-26-27-28-29-30-31;;1-5(2,3)4;;/h31H,2-30H2,1H3;;(H3,1,2,3,4);;. The van der Waals surface area contributed by atoms with E-state index in [2.05, 4.69) is 6.92 Å². The zero-order chi connectivity index (χ0) is 27.0. The van der Waals surface area contributed by atoms with Crippen molar-refractivity contribution in [1.82, 2.24) is 0 Å². The molecule has 4 N–H and O–H groups in total. The van der Waals surface area contributed by atoms with Crippen molar-refractivity contribution in [2.75, 3.05) is 6.61 Å². The van der Waals surface area contributed by atoms with Gasteiger partial charge in [-0.1, -0.05) is 180 Å². The third-order valence-corrected chi connectivity index (χ3v) is 7.01. The van der Waals surface area contributed by atoms with Gasteiger partial charge in [0.2, 0.25) is 0 Å². The second-order valence-electron chi connectivity index (χ2n) is 10.8. The van der Waals surface area contributed by atoms with E-state index in [0.29, 0.717) is 6.61 Å². The van der Waals surface area contributed by atoms with Crippen LogP contribution in [0.25, 0.3) is 0 Å². The van der Waals surface area contributed by atoms with E-state index in [0.717, 1.165) is 6.42 Å².